The molecule has 3 rings (SSSR count). The molecule has 0 saturated carbocycles. The number of aromatic nitrogens is 1. The van der Waals surface area contributed by atoms with Crippen molar-refractivity contribution in [3.8, 4) is 17.4 Å². The van der Waals surface area contributed by atoms with Gasteiger partial charge >= 0.3 is 5.91 Å². The van der Waals surface area contributed by atoms with Crippen molar-refractivity contribution < 1.29 is 19.4 Å². The second-order valence-corrected chi connectivity index (χ2v) is 5.40. The lowest BCUT2D eigenvalue weighted by atomic mass is 10.2. The van der Waals surface area contributed by atoms with E-state index >= 15 is 0 Å². The highest BCUT2D eigenvalue weighted by molar-refractivity contribution is 5.94. The lowest BCUT2D eigenvalue weighted by Gasteiger charge is -2.07. The minimum atomic E-state index is -0.577. The number of azo groups is 1. The molecule has 128 valence electrons. The molecule has 0 saturated heterocycles. The number of nitrogens with one attached hydrogen (secondary N) is 1. The van der Waals surface area contributed by atoms with Gasteiger partial charge in [-0.25, -0.2) is 0 Å². The summed E-state index contributed by atoms with van der Waals surface area (Å²) in [6.07, 6.45) is 0. The number of para-hydroxylation sites is 2. The Hall–Kier alpha value is -3.35. The Morgan fingerprint density at radius 1 is 1.20 bits per heavy atom. The van der Waals surface area contributed by atoms with Crippen molar-refractivity contribution in [1.82, 2.24) is 4.98 Å². The first-order valence-corrected chi connectivity index (χ1v) is 7.60. The van der Waals surface area contributed by atoms with Crippen LogP contribution in [0.1, 0.15) is 5.56 Å². The fourth-order valence-electron chi connectivity index (χ4n) is 2.39. The van der Waals surface area contributed by atoms with Crippen LogP contribution in [0.15, 0.2) is 52.7 Å². The highest BCUT2D eigenvalue weighted by Gasteiger charge is 2.12. The zero-order valence-electron chi connectivity index (χ0n) is 13.8. The molecule has 25 heavy (non-hydrogen) atoms. The Morgan fingerprint density at radius 2 is 1.96 bits per heavy atom. The molecular weight excluding hydrogens is 322 g/mol. The molecule has 0 atom stereocenters. The fraction of sp³-hybridized carbons (Fsp3) is 0.167. The van der Waals surface area contributed by atoms with Gasteiger partial charge in [-0.1, -0.05) is 23.8 Å². The molecule has 0 bridgehead atoms. The van der Waals surface area contributed by atoms with E-state index in [0.717, 1.165) is 11.1 Å². The summed E-state index contributed by atoms with van der Waals surface area (Å²) in [6, 6.07) is 12.6. The average molecular weight is 339 g/mol. The first-order valence-electron chi connectivity index (χ1n) is 7.60. The summed E-state index contributed by atoms with van der Waals surface area (Å²) in [6.45, 7) is 1.64. The van der Waals surface area contributed by atoms with Gasteiger partial charge in [0, 0.05) is 5.39 Å². The van der Waals surface area contributed by atoms with Crippen LogP contribution in [0.3, 0.4) is 0 Å². The number of hydrogen-bond acceptors (Lipinski definition) is 5. The molecule has 7 heteroatoms. The van der Waals surface area contributed by atoms with Crippen LogP contribution in [0.5, 0.6) is 17.4 Å². The van der Waals surface area contributed by atoms with Crippen molar-refractivity contribution in [1.29, 1.82) is 0 Å². The Bertz CT molecular complexity index is 947. The molecule has 2 N–H and O–H groups in total. The van der Waals surface area contributed by atoms with E-state index < -0.39 is 5.91 Å². The van der Waals surface area contributed by atoms with Crippen molar-refractivity contribution in [2.24, 2.45) is 10.2 Å². The number of nitrogens with zero attached hydrogens (tertiary/aromatic N) is 2. The molecular formula is C18H17N3O4. The van der Waals surface area contributed by atoms with E-state index in [1.54, 1.807) is 24.3 Å². The molecule has 2 aromatic carbocycles. The van der Waals surface area contributed by atoms with Gasteiger partial charge in [0.2, 0.25) is 5.88 Å². The summed E-state index contributed by atoms with van der Waals surface area (Å²) < 4.78 is 10.5. The van der Waals surface area contributed by atoms with E-state index in [4.69, 9.17) is 9.47 Å². The molecule has 0 radical (unpaired) electrons. The third kappa shape index (κ3) is 3.60. The van der Waals surface area contributed by atoms with Crippen LogP contribution in [-0.4, -0.2) is 29.7 Å². The molecule has 0 aliphatic carbocycles. The number of methoxy groups -OCH3 is 1. The molecule has 0 fully saturated rings. The molecule has 1 aromatic heterocycles. The van der Waals surface area contributed by atoms with Crippen molar-refractivity contribution >= 4 is 22.5 Å². The third-order valence-electron chi connectivity index (χ3n) is 3.59. The number of hydrogen-bond donors (Lipinski definition) is 2. The van der Waals surface area contributed by atoms with Gasteiger partial charge in [0.15, 0.2) is 23.8 Å². The van der Waals surface area contributed by atoms with Crippen molar-refractivity contribution in [2.45, 2.75) is 6.92 Å². The number of amides is 1. The number of aryl methyl sites for hydroxylation is 1. The van der Waals surface area contributed by atoms with E-state index in [2.05, 4.69) is 15.2 Å². The average Bonchev–Trinajstić information content (AvgIpc) is 2.93. The molecule has 0 unspecified atom stereocenters. The van der Waals surface area contributed by atoms with Gasteiger partial charge in [-0.2, -0.15) is 0 Å². The highest BCUT2D eigenvalue weighted by atomic mass is 16.5. The monoisotopic (exact) mass is 339 g/mol. The fourth-order valence-corrected chi connectivity index (χ4v) is 2.39. The molecule has 1 heterocycles. The first-order chi connectivity index (χ1) is 12.1. The maximum absolute atomic E-state index is 11.9. The maximum Gasteiger partial charge on any atom is 0.302 e. The van der Waals surface area contributed by atoms with Gasteiger partial charge in [0.1, 0.15) is 0 Å². The van der Waals surface area contributed by atoms with Crippen molar-refractivity contribution in [2.75, 3.05) is 13.7 Å². The van der Waals surface area contributed by atoms with Crippen molar-refractivity contribution in [3.63, 3.8) is 0 Å². The van der Waals surface area contributed by atoms with Crippen LogP contribution in [0, 0.1) is 6.92 Å². The Kier molecular flexibility index (Phi) is 4.65. The molecule has 0 aliphatic rings. The van der Waals surface area contributed by atoms with E-state index in [-0.39, 0.29) is 18.2 Å². The van der Waals surface area contributed by atoms with Crippen molar-refractivity contribution in [3.05, 3.63) is 48.0 Å². The van der Waals surface area contributed by atoms with Gasteiger partial charge in [-0.3, -0.25) is 4.79 Å². The van der Waals surface area contributed by atoms with E-state index in [0.29, 0.717) is 16.9 Å². The summed E-state index contributed by atoms with van der Waals surface area (Å²) in [5.74, 6) is 0.256. The van der Waals surface area contributed by atoms with E-state index in [9.17, 15) is 9.90 Å². The van der Waals surface area contributed by atoms with Gasteiger partial charge < -0.3 is 19.6 Å². The number of H-pyrrole nitrogens is 1. The summed E-state index contributed by atoms with van der Waals surface area (Å²) in [7, 11) is 1.52. The van der Waals surface area contributed by atoms with Crippen LogP contribution in [0.2, 0.25) is 0 Å². The van der Waals surface area contributed by atoms with E-state index in [1.807, 2.05) is 25.1 Å². The SMILES string of the molecule is COc1ccccc1OCC(=O)N=Nc1c(O)[nH]c2ccc(C)cc12. The molecule has 0 aliphatic heterocycles. The zero-order chi connectivity index (χ0) is 17.8. The normalized spacial score (nSPS) is 11.1. The largest absolute Gasteiger partial charge is 0.493 e. The lowest BCUT2D eigenvalue weighted by molar-refractivity contribution is -0.120. The van der Waals surface area contributed by atoms with Crippen LogP contribution in [0.25, 0.3) is 10.9 Å². The predicted molar refractivity (Wildman–Crippen MR) is 92.7 cm³/mol. The zero-order valence-corrected chi connectivity index (χ0v) is 13.8. The third-order valence-corrected chi connectivity index (χ3v) is 3.59. The van der Waals surface area contributed by atoms with Gasteiger partial charge in [-0.15, -0.1) is 10.2 Å². The molecule has 7 nitrogen and oxygen atoms in total. The standard InChI is InChI=1S/C18H17N3O4/c1-11-7-8-13-12(9-11)17(18(23)19-13)21-20-16(22)10-25-15-6-4-3-5-14(15)24-2/h3-9,19,23H,10H2,1-2H3. The minimum Gasteiger partial charge on any atom is -0.493 e. The van der Waals surface area contributed by atoms with Crippen LogP contribution in [-0.2, 0) is 4.79 Å². The summed E-state index contributed by atoms with van der Waals surface area (Å²) in [5.41, 5.74) is 1.95. The predicted octanol–water partition coefficient (Wildman–Crippen LogP) is 3.88. The number of carbonyl (C=O) groups excluding carboxylic acids is 1. The number of aromatic amines is 1. The summed E-state index contributed by atoms with van der Waals surface area (Å²) >= 11 is 0. The number of benzene rings is 2. The van der Waals surface area contributed by atoms with Gasteiger partial charge in [-0.05, 0) is 31.2 Å². The van der Waals surface area contributed by atoms with E-state index in [1.165, 1.54) is 7.11 Å². The maximum atomic E-state index is 11.9. The van der Waals surface area contributed by atoms with Gasteiger partial charge in [0.05, 0.1) is 12.6 Å². The topological polar surface area (TPSA) is 96.3 Å². The smallest absolute Gasteiger partial charge is 0.302 e. The first kappa shape index (κ1) is 16.5. The summed E-state index contributed by atoms with van der Waals surface area (Å²) in [5, 5.41) is 18.1. The van der Waals surface area contributed by atoms with Crippen LogP contribution in [0.4, 0.5) is 5.69 Å². The Labute approximate surface area is 143 Å². The number of rotatable bonds is 5. The lowest BCUT2D eigenvalue weighted by Crippen LogP contribution is -2.08. The summed E-state index contributed by atoms with van der Waals surface area (Å²) in [4.78, 5) is 14.7. The van der Waals surface area contributed by atoms with Gasteiger partial charge in [0.25, 0.3) is 0 Å². The minimum absolute atomic E-state index is 0.136. The second-order valence-electron chi connectivity index (χ2n) is 5.40. The number of carbonyl (C=O) groups is 1. The number of ether oxygens (including phenoxy) is 2. The molecule has 3 aromatic rings. The Balaban J connectivity index is 1.73. The highest BCUT2D eigenvalue weighted by Crippen LogP contribution is 2.35. The van der Waals surface area contributed by atoms with Crippen LogP contribution < -0.4 is 9.47 Å². The molecule has 1 amide bonds. The van der Waals surface area contributed by atoms with Crippen LogP contribution >= 0.6 is 0 Å². The second kappa shape index (κ2) is 7.04. The Morgan fingerprint density at radius 3 is 2.72 bits per heavy atom. The quantitative estimate of drug-likeness (QED) is 0.689. The number of aromatic hydroxyl groups is 1. The molecule has 0 spiro atoms. The number of fused-ring (bicyclic) bond motifs is 1.